The molecule has 2 aliphatic rings. The maximum absolute atomic E-state index is 13.4. The number of amides is 1. The highest BCUT2D eigenvalue weighted by Gasteiger charge is 2.45. The fraction of sp³-hybridized carbons (Fsp3) is 0.231. The number of aromatic nitrogens is 2. The van der Waals surface area contributed by atoms with Crippen LogP contribution < -0.4 is 0 Å². The Morgan fingerprint density at radius 2 is 1.91 bits per heavy atom. The third-order valence-corrected chi connectivity index (χ3v) is 7.00. The third-order valence-electron chi connectivity index (χ3n) is 6.20. The molecule has 1 amide bonds. The first kappa shape index (κ1) is 21.7. The van der Waals surface area contributed by atoms with Crippen molar-refractivity contribution in [3.63, 3.8) is 0 Å². The number of hydrazone groups is 1. The standard InChI is InChI=1S/C26H22N4O4S/c31-22(16-35-26-28-27-25(34-26)17-7-2-1-3-8-17)30-24(21-12-6-14-33-21)20-11-4-9-18(23(20)29-30)15-19-10-5-13-32-19/h1-3,5-8,10,12-15,20,24H,4,9,11,16H2. The molecular weight excluding hydrogens is 464 g/mol. The number of benzene rings is 1. The lowest BCUT2D eigenvalue weighted by molar-refractivity contribution is -0.131. The first-order valence-electron chi connectivity index (χ1n) is 11.5. The lowest BCUT2D eigenvalue weighted by Gasteiger charge is -2.27. The van der Waals surface area contributed by atoms with Crippen molar-refractivity contribution in [2.45, 2.75) is 30.5 Å². The van der Waals surface area contributed by atoms with E-state index in [1.54, 1.807) is 17.5 Å². The van der Waals surface area contributed by atoms with Gasteiger partial charge in [-0.3, -0.25) is 4.79 Å². The van der Waals surface area contributed by atoms with Crippen LogP contribution in [0.1, 0.15) is 36.8 Å². The van der Waals surface area contributed by atoms with Crippen LogP contribution in [0.25, 0.3) is 17.5 Å². The molecule has 1 aliphatic carbocycles. The highest BCUT2D eigenvalue weighted by atomic mass is 32.2. The fourth-order valence-corrected chi connectivity index (χ4v) is 5.26. The van der Waals surface area contributed by atoms with Crippen LogP contribution in [-0.4, -0.2) is 32.6 Å². The van der Waals surface area contributed by atoms with Gasteiger partial charge in [0, 0.05) is 11.5 Å². The molecule has 0 saturated heterocycles. The smallest absolute Gasteiger partial charge is 0.277 e. The van der Waals surface area contributed by atoms with Gasteiger partial charge in [-0.15, -0.1) is 10.2 Å². The van der Waals surface area contributed by atoms with Crippen molar-refractivity contribution in [3.05, 3.63) is 84.2 Å². The molecule has 0 spiro atoms. The monoisotopic (exact) mass is 486 g/mol. The molecule has 0 radical (unpaired) electrons. The Bertz CT molecular complexity index is 1360. The lowest BCUT2D eigenvalue weighted by Crippen LogP contribution is -2.32. The summed E-state index contributed by atoms with van der Waals surface area (Å²) in [6.07, 6.45) is 8.15. The van der Waals surface area contributed by atoms with E-state index < -0.39 is 0 Å². The molecular formula is C26H22N4O4S. The average Bonchev–Trinajstić information content (AvgIpc) is 3.69. The van der Waals surface area contributed by atoms with E-state index in [0.717, 1.165) is 47.6 Å². The minimum atomic E-state index is -0.282. The maximum Gasteiger partial charge on any atom is 0.277 e. The minimum Gasteiger partial charge on any atom is -0.467 e. The van der Waals surface area contributed by atoms with Gasteiger partial charge in [-0.2, -0.15) is 5.10 Å². The van der Waals surface area contributed by atoms with Crippen LogP contribution in [0.3, 0.4) is 0 Å². The number of furan rings is 2. The van der Waals surface area contributed by atoms with E-state index in [2.05, 4.69) is 10.2 Å². The van der Waals surface area contributed by atoms with E-state index >= 15 is 0 Å². The van der Waals surface area contributed by atoms with Crippen LogP contribution in [0.5, 0.6) is 0 Å². The Morgan fingerprint density at radius 3 is 2.71 bits per heavy atom. The highest BCUT2D eigenvalue weighted by Crippen LogP contribution is 2.44. The van der Waals surface area contributed by atoms with Gasteiger partial charge in [0.25, 0.3) is 11.1 Å². The zero-order chi connectivity index (χ0) is 23.6. The van der Waals surface area contributed by atoms with Gasteiger partial charge in [0.2, 0.25) is 5.89 Å². The van der Waals surface area contributed by atoms with E-state index in [1.165, 1.54) is 11.8 Å². The number of nitrogens with zero attached hydrogens (tertiary/aromatic N) is 4. The maximum atomic E-state index is 13.4. The lowest BCUT2D eigenvalue weighted by atomic mass is 9.79. The number of allylic oxidation sites excluding steroid dienone is 1. The number of carbonyl (C=O) groups is 1. The second-order valence-corrected chi connectivity index (χ2v) is 9.32. The van der Waals surface area contributed by atoms with Gasteiger partial charge in [-0.05, 0) is 67.3 Å². The molecule has 0 bridgehead atoms. The number of carbonyl (C=O) groups excluding carboxylic acids is 1. The van der Waals surface area contributed by atoms with Gasteiger partial charge in [-0.25, -0.2) is 5.01 Å². The Balaban J connectivity index is 1.24. The highest BCUT2D eigenvalue weighted by molar-refractivity contribution is 7.99. The molecule has 35 heavy (non-hydrogen) atoms. The molecule has 2 unspecified atom stereocenters. The van der Waals surface area contributed by atoms with Crippen molar-refractivity contribution in [3.8, 4) is 11.5 Å². The summed E-state index contributed by atoms with van der Waals surface area (Å²) in [5.41, 5.74) is 2.86. The summed E-state index contributed by atoms with van der Waals surface area (Å²) in [7, 11) is 0. The molecule has 1 saturated carbocycles. The van der Waals surface area contributed by atoms with Gasteiger partial charge in [-0.1, -0.05) is 30.0 Å². The molecule has 2 atom stereocenters. The molecule has 1 aromatic carbocycles. The van der Waals surface area contributed by atoms with Crippen LogP contribution in [0.4, 0.5) is 0 Å². The van der Waals surface area contributed by atoms with Gasteiger partial charge in [0.05, 0.1) is 24.0 Å². The first-order valence-corrected chi connectivity index (χ1v) is 12.4. The molecule has 8 nitrogen and oxygen atoms in total. The molecule has 3 aromatic heterocycles. The largest absolute Gasteiger partial charge is 0.467 e. The Labute approximate surface area is 205 Å². The van der Waals surface area contributed by atoms with Gasteiger partial charge in [0.1, 0.15) is 17.6 Å². The third kappa shape index (κ3) is 4.35. The summed E-state index contributed by atoms with van der Waals surface area (Å²) < 4.78 is 17.0. The van der Waals surface area contributed by atoms with Crippen molar-refractivity contribution in [1.82, 2.24) is 15.2 Å². The van der Waals surface area contributed by atoms with Crippen LogP contribution >= 0.6 is 11.8 Å². The van der Waals surface area contributed by atoms with E-state index in [4.69, 9.17) is 18.4 Å². The number of hydrogen-bond acceptors (Lipinski definition) is 8. The Hall–Kier alpha value is -3.85. The number of thioether (sulfide) groups is 1. The summed E-state index contributed by atoms with van der Waals surface area (Å²) in [5.74, 6) is 1.98. The zero-order valence-corrected chi connectivity index (χ0v) is 19.6. The molecule has 6 rings (SSSR count). The van der Waals surface area contributed by atoms with Gasteiger partial charge < -0.3 is 13.3 Å². The predicted octanol–water partition coefficient (Wildman–Crippen LogP) is 5.84. The quantitative estimate of drug-likeness (QED) is 0.316. The SMILES string of the molecule is O=C(CSc1nnc(-c2ccccc2)o1)N1N=C2C(=Cc3ccco3)CCCC2C1c1ccco1. The van der Waals surface area contributed by atoms with Crippen molar-refractivity contribution >= 4 is 29.5 Å². The summed E-state index contributed by atoms with van der Waals surface area (Å²) in [5, 5.41) is 14.9. The molecule has 4 aromatic rings. The molecule has 9 heteroatoms. The number of rotatable bonds is 6. The first-order chi connectivity index (χ1) is 17.3. The Kier molecular flexibility index (Phi) is 5.83. The van der Waals surface area contributed by atoms with Crippen LogP contribution in [-0.2, 0) is 4.79 Å². The van der Waals surface area contributed by atoms with E-state index in [-0.39, 0.29) is 23.6 Å². The topological polar surface area (TPSA) is 97.9 Å². The summed E-state index contributed by atoms with van der Waals surface area (Å²) in [6, 6.07) is 16.8. The molecule has 1 aliphatic heterocycles. The minimum absolute atomic E-state index is 0.0677. The van der Waals surface area contributed by atoms with Crippen molar-refractivity contribution < 1.29 is 18.0 Å². The van der Waals surface area contributed by atoms with E-state index in [9.17, 15) is 4.79 Å². The van der Waals surface area contributed by atoms with Crippen molar-refractivity contribution in [2.24, 2.45) is 11.0 Å². The fourth-order valence-electron chi connectivity index (χ4n) is 4.65. The van der Waals surface area contributed by atoms with E-state index in [1.807, 2.05) is 60.7 Å². The molecule has 4 heterocycles. The van der Waals surface area contributed by atoms with Gasteiger partial charge >= 0.3 is 0 Å². The van der Waals surface area contributed by atoms with Crippen molar-refractivity contribution in [1.29, 1.82) is 0 Å². The molecule has 176 valence electrons. The summed E-state index contributed by atoms with van der Waals surface area (Å²) >= 11 is 1.21. The van der Waals surface area contributed by atoms with Crippen LogP contribution in [0, 0.1) is 5.92 Å². The normalized spacial score (nSPS) is 20.7. The zero-order valence-electron chi connectivity index (χ0n) is 18.7. The average molecular weight is 487 g/mol. The number of fused-ring (bicyclic) bond motifs is 1. The van der Waals surface area contributed by atoms with E-state index in [0.29, 0.717) is 11.1 Å². The van der Waals surface area contributed by atoms with Gasteiger partial charge in [0.15, 0.2) is 0 Å². The second kappa shape index (κ2) is 9.42. The number of hydrogen-bond donors (Lipinski definition) is 0. The molecule has 1 fully saturated rings. The van der Waals surface area contributed by atoms with Crippen molar-refractivity contribution in [2.75, 3.05) is 5.75 Å². The molecule has 0 N–H and O–H groups in total. The second-order valence-electron chi connectivity index (χ2n) is 8.40. The summed E-state index contributed by atoms with van der Waals surface area (Å²) in [4.78, 5) is 13.4. The predicted molar refractivity (Wildman–Crippen MR) is 130 cm³/mol. The summed E-state index contributed by atoms with van der Waals surface area (Å²) in [6.45, 7) is 0. The Morgan fingerprint density at radius 1 is 1.06 bits per heavy atom. The van der Waals surface area contributed by atoms with Crippen LogP contribution in [0.2, 0.25) is 0 Å². The van der Waals surface area contributed by atoms with Crippen LogP contribution in [0.15, 0.2) is 96.3 Å².